The Morgan fingerprint density at radius 3 is 2.03 bits per heavy atom. The van der Waals surface area contributed by atoms with E-state index >= 15 is 0 Å². The highest BCUT2D eigenvalue weighted by atomic mass is 16.2. The summed E-state index contributed by atoms with van der Waals surface area (Å²) in [6.07, 6.45) is 0. The van der Waals surface area contributed by atoms with E-state index in [4.69, 9.17) is 0 Å². The average molecular weight is 525 g/mol. The van der Waals surface area contributed by atoms with Crippen molar-refractivity contribution in [3.05, 3.63) is 112 Å². The molecule has 202 valence electrons. The second-order valence-corrected chi connectivity index (χ2v) is 10.3. The molecule has 2 heterocycles. The molecule has 1 atom stereocenters. The number of rotatable bonds is 8. The van der Waals surface area contributed by atoms with Crippen molar-refractivity contribution in [3.8, 4) is 5.69 Å². The molecule has 1 N–H and O–H groups in total. The van der Waals surface area contributed by atoms with Crippen molar-refractivity contribution in [2.24, 2.45) is 0 Å². The highest BCUT2D eigenvalue weighted by Gasteiger charge is 2.30. The van der Waals surface area contributed by atoms with Gasteiger partial charge in [0.25, 0.3) is 0 Å². The fourth-order valence-corrected chi connectivity index (χ4v) is 5.33. The van der Waals surface area contributed by atoms with Crippen LogP contribution < -0.4 is 15.9 Å². The zero-order valence-electron chi connectivity index (χ0n) is 22.8. The number of nitrogens with zero attached hydrogens (tertiary/aromatic N) is 5. The zero-order valence-corrected chi connectivity index (χ0v) is 22.8. The molecule has 0 spiro atoms. The maximum Gasteiger partial charge on any atom is 0.350 e. The first-order chi connectivity index (χ1) is 18.9. The lowest BCUT2D eigenvalue weighted by molar-refractivity contribution is -0.127. The molecule has 0 saturated carbocycles. The van der Waals surface area contributed by atoms with Crippen LogP contribution in [0, 0.1) is 6.92 Å². The van der Waals surface area contributed by atoms with Crippen LogP contribution in [-0.2, 0) is 11.3 Å². The van der Waals surface area contributed by atoms with Crippen LogP contribution in [0.4, 0.5) is 5.69 Å². The largest absolute Gasteiger partial charge is 0.369 e. The molecular formula is C31H36N6O2. The van der Waals surface area contributed by atoms with E-state index in [0.29, 0.717) is 12.4 Å². The molecule has 8 nitrogen and oxygen atoms in total. The Labute approximate surface area is 229 Å². The first-order valence-corrected chi connectivity index (χ1v) is 13.6. The number of aromatic nitrogens is 3. The molecule has 1 saturated heterocycles. The number of carbonyl (C=O) groups excluding carboxylic acids is 1. The Balaban J connectivity index is 1.27. The summed E-state index contributed by atoms with van der Waals surface area (Å²) < 4.78 is 3.17. The number of nitrogens with one attached hydrogen (secondary N) is 1. The van der Waals surface area contributed by atoms with Crippen LogP contribution in [0.25, 0.3) is 5.69 Å². The molecule has 1 amide bonds. The van der Waals surface area contributed by atoms with Gasteiger partial charge in [-0.1, -0.05) is 60.7 Å². The predicted octanol–water partition coefficient (Wildman–Crippen LogP) is 4.10. The van der Waals surface area contributed by atoms with E-state index in [9.17, 15) is 9.59 Å². The quantitative estimate of drug-likeness (QED) is 0.376. The number of benzene rings is 3. The molecule has 0 radical (unpaired) electrons. The third kappa shape index (κ3) is 5.81. The van der Waals surface area contributed by atoms with Gasteiger partial charge in [0.15, 0.2) is 0 Å². The number of hydrogen-bond acceptors (Lipinski definition) is 5. The molecule has 1 fully saturated rings. The van der Waals surface area contributed by atoms with Crippen LogP contribution in [-0.4, -0.2) is 51.3 Å². The lowest BCUT2D eigenvalue weighted by atomic mass is 10.0. The van der Waals surface area contributed by atoms with Crippen molar-refractivity contribution >= 4 is 11.6 Å². The molecule has 8 heteroatoms. The Morgan fingerprint density at radius 2 is 1.44 bits per heavy atom. The van der Waals surface area contributed by atoms with Gasteiger partial charge in [-0.3, -0.25) is 14.3 Å². The van der Waals surface area contributed by atoms with Crippen LogP contribution in [0.15, 0.2) is 89.7 Å². The first kappa shape index (κ1) is 26.4. The summed E-state index contributed by atoms with van der Waals surface area (Å²) in [5, 5.41) is 7.61. The summed E-state index contributed by atoms with van der Waals surface area (Å²) in [5.74, 6) is 0.723. The fraction of sp³-hybridized carbons (Fsp3) is 0.323. The second kappa shape index (κ2) is 11.7. The van der Waals surface area contributed by atoms with Gasteiger partial charge in [-0.25, -0.2) is 4.79 Å². The molecule has 5 rings (SSSR count). The first-order valence-electron chi connectivity index (χ1n) is 13.6. The number of hydrogen-bond donors (Lipinski definition) is 1. The Morgan fingerprint density at radius 1 is 0.846 bits per heavy atom. The van der Waals surface area contributed by atoms with E-state index in [-0.39, 0.29) is 23.7 Å². The molecule has 39 heavy (non-hydrogen) atoms. The summed E-state index contributed by atoms with van der Waals surface area (Å²) in [4.78, 5) is 30.9. The third-order valence-electron chi connectivity index (χ3n) is 7.31. The smallest absolute Gasteiger partial charge is 0.350 e. The Kier molecular flexibility index (Phi) is 7.93. The van der Waals surface area contributed by atoms with Crippen molar-refractivity contribution < 1.29 is 4.79 Å². The van der Waals surface area contributed by atoms with E-state index in [0.717, 1.165) is 48.7 Å². The normalized spacial score (nSPS) is 14.9. The highest BCUT2D eigenvalue weighted by molar-refractivity contribution is 5.83. The second-order valence-electron chi connectivity index (χ2n) is 10.3. The van der Waals surface area contributed by atoms with Gasteiger partial charge in [0.1, 0.15) is 11.9 Å². The molecular weight excluding hydrogens is 488 g/mol. The van der Waals surface area contributed by atoms with E-state index in [1.807, 2.05) is 106 Å². The van der Waals surface area contributed by atoms with Crippen LogP contribution in [0.5, 0.6) is 0 Å². The minimum absolute atomic E-state index is 0.0180. The predicted molar refractivity (Wildman–Crippen MR) is 154 cm³/mol. The summed E-state index contributed by atoms with van der Waals surface area (Å²) in [6, 6.07) is 27.7. The van der Waals surface area contributed by atoms with E-state index in [1.54, 1.807) is 4.57 Å². The maximum atomic E-state index is 13.4. The molecule has 1 aliphatic rings. The summed E-state index contributed by atoms with van der Waals surface area (Å²) in [7, 11) is 0. The molecule has 4 aromatic rings. The van der Waals surface area contributed by atoms with Crippen LogP contribution in [0.2, 0.25) is 0 Å². The highest BCUT2D eigenvalue weighted by Crippen LogP contribution is 2.25. The lowest BCUT2D eigenvalue weighted by Crippen LogP contribution is -2.51. The molecule has 1 aromatic heterocycles. The average Bonchev–Trinajstić information content (AvgIpc) is 3.27. The Hall–Kier alpha value is -4.17. The van der Waals surface area contributed by atoms with Gasteiger partial charge < -0.3 is 10.2 Å². The molecule has 3 aromatic carbocycles. The summed E-state index contributed by atoms with van der Waals surface area (Å²) in [5.41, 5.74) is 3.81. The monoisotopic (exact) mass is 524 g/mol. The minimum Gasteiger partial charge on any atom is -0.369 e. The fourth-order valence-electron chi connectivity index (χ4n) is 5.33. The van der Waals surface area contributed by atoms with Gasteiger partial charge in [0, 0.05) is 44.5 Å². The standard InChI is InChI=1S/C31H36N6O2/c1-23(2)36-24(3)33-37(31(36)39)28-16-14-27(15-17-28)34-18-20-35(21-19-34)29(26-12-8-5-9-13-26)30(38)32-22-25-10-6-4-7-11-25/h4-17,23,29H,18-22H2,1-3H3,(H,32,38). The summed E-state index contributed by atoms with van der Waals surface area (Å²) >= 11 is 0. The van der Waals surface area contributed by atoms with Gasteiger partial charge in [0.2, 0.25) is 5.91 Å². The molecule has 0 aliphatic carbocycles. The molecule has 0 bridgehead atoms. The van der Waals surface area contributed by atoms with Gasteiger partial charge in [0.05, 0.1) is 5.69 Å². The molecule has 1 aliphatic heterocycles. The number of piperazine rings is 1. The van der Waals surface area contributed by atoms with E-state index < -0.39 is 0 Å². The molecule has 1 unspecified atom stereocenters. The van der Waals surface area contributed by atoms with Gasteiger partial charge in [-0.05, 0) is 56.2 Å². The van der Waals surface area contributed by atoms with Crippen LogP contribution >= 0.6 is 0 Å². The van der Waals surface area contributed by atoms with Gasteiger partial charge in [-0.2, -0.15) is 9.78 Å². The van der Waals surface area contributed by atoms with Crippen molar-refractivity contribution in [2.45, 2.75) is 39.4 Å². The van der Waals surface area contributed by atoms with Crippen molar-refractivity contribution in [1.29, 1.82) is 0 Å². The number of aryl methyl sites for hydroxylation is 1. The number of anilines is 1. The van der Waals surface area contributed by atoms with Crippen LogP contribution in [0.3, 0.4) is 0 Å². The van der Waals surface area contributed by atoms with Gasteiger partial charge >= 0.3 is 5.69 Å². The number of carbonyl (C=O) groups is 1. The topological polar surface area (TPSA) is 75.4 Å². The SMILES string of the molecule is Cc1nn(-c2ccc(N3CCN(C(C(=O)NCc4ccccc4)c4ccccc4)CC3)cc2)c(=O)n1C(C)C. The van der Waals surface area contributed by atoms with Crippen molar-refractivity contribution in [3.63, 3.8) is 0 Å². The Bertz CT molecular complexity index is 1440. The maximum absolute atomic E-state index is 13.4. The van der Waals surface area contributed by atoms with Gasteiger partial charge in [-0.15, -0.1) is 0 Å². The van der Waals surface area contributed by atoms with Crippen molar-refractivity contribution in [2.75, 3.05) is 31.1 Å². The van der Waals surface area contributed by atoms with E-state index in [2.05, 4.69) is 20.2 Å². The minimum atomic E-state index is -0.342. The lowest BCUT2D eigenvalue weighted by Gasteiger charge is -2.39. The van der Waals surface area contributed by atoms with E-state index in [1.165, 1.54) is 4.68 Å². The van der Waals surface area contributed by atoms with Crippen LogP contribution in [0.1, 0.15) is 42.9 Å². The summed E-state index contributed by atoms with van der Waals surface area (Å²) in [6.45, 7) is 9.46. The third-order valence-corrected chi connectivity index (χ3v) is 7.31. The number of amides is 1. The van der Waals surface area contributed by atoms with Crippen molar-refractivity contribution in [1.82, 2.24) is 24.6 Å². The zero-order chi connectivity index (χ0) is 27.4.